The number of hydrogen-bond donors (Lipinski definition) is 2. The lowest BCUT2D eigenvalue weighted by Crippen LogP contribution is -2.09. The van der Waals surface area contributed by atoms with Crippen molar-refractivity contribution in [2.24, 2.45) is 0 Å². The van der Waals surface area contributed by atoms with Crippen LogP contribution in [-0.4, -0.2) is 38.0 Å². The average molecular weight is 281 g/mol. The molecular formula is C11H13ClN6O. The first-order valence-corrected chi connectivity index (χ1v) is 6.16. The highest BCUT2D eigenvalue weighted by atomic mass is 35.5. The van der Waals surface area contributed by atoms with Gasteiger partial charge in [0.25, 0.3) is 0 Å². The number of aromatic nitrogens is 5. The van der Waals surface area contributed by atoms with Crippen LogP contribution in [0.1, 0.15) is 28.4 Å². The molecule has 2 aromatic heterocycles. The Morgan fingerprint density at radius 3 is 3.00 bits per heavy atom. The van der Waals surface area contributed by atoms with Gasteiger partial charge in [0.2, 0.25) is 0 Å². The fraction of sp³-hybridized carbons (Fsp3) is 0.364. The number of aldehydes is 1. The lowest BCUT2D eigenvalue weighted by Gasteiger charge is -2.08. The van der Waals surface area contributed by atoms with E-state index < -0.39 is 0 Å². The fourth-order valence-corrected chi connectivity index (χ4v) is 1.86. The summed E-state index contributed by atoms with van der Waals surface area (Å²) in [7, 11) is 0. The molecule has 0 aromatic carbocycles. The van der Waals surface area contributed by atoms with Crippen molar-refractivity contribution in [3.05, 3.63) is 28.7 Å². The third-order valence-corrected chi connectivity index (χ3v) is 2.76. The Morgan fingerprint density at radius 2 is 2.32 bits per heavy atom. The normalized spacial score (nSPS) is 10.4. The van der Waals surface area contributed by atoms with E-state index in [0.717, 1.165) is 18.7 Å². The van der Waals surface area contributed by atoms with Gasteiger partial charge in [0.15, 0.2) is 6.29 Å². The molecule has 0 aliphatic heterocycles. The topological polar surface area (TPSA) is 96.5 Å². The molecule has 0 fully saturated rings. The standard InChI is InChI=1S/C11H13ClN6O/c1-7-16-10(12)8(5-19)11(17-7)13-4-2-3-9-14-6-15-18-9/h5-6H,2-4H2,1H3,(H,13,16,17)(H,14,15,18). The van der Waals surface area contributed by atoms with Gasteiger partial charge in [-0.2, -0.15) is 5.10 Å². The minimum Gasteiger partial charge on any atom is -0.369 e. The van der Waals surface area contributed by atoms with E-state index in [0.29, 0.717) is 24.5 Å². The number of anilines is 1. The fourth-order valence-electron chi connectivity index (χ4n) is 1.60. The molecule has 2 rings (SSSR count). The van der Waals surface area contributed by atoms with Gasteiger partial charge < -0.3 is 5.32 Å². The minimum atomic E-state index is 0.167. The predicted octanol–water partition coefficient (Wildman–Crippen LogP) is 1.41. The van der Waals surface area contributed by atoms with Crippen molar-refractivity contribution in [1.82, 2.24) is 25.1 Å². The minimum absolute atomic E-state index is 0.167. The second kappa shape index (κ2) is 6.24. The van der Waals surface area contributed by atoms with Crippen molar-refractivity contribution in [3.63, 3.8) is 0 Å². The molecule has 8 heteroatoms. The molecule has 0 radical (unpaired) electrons. The summed E-state index contributed by atoms with van der Waals surface area (Å²) < 4.78 is 0. The summed E-state index contributed by atoms with van der Waals surface area (Å²) in [5.41, 5.74) is 0.284. The maximum Gasteiger partial charge on any atom is 0.156 e. The smallest absolute Gasteiger partial charge is 0.156 e. The van der Waals surface area contributed by atoms with E-state index in [1.165, 1.54) is 6.33 Å². The van der Waals surface area contributed by atoms with Crippen LogP contribution in [0, 0.1) is 6.92 Å². The largest absolute Gasteiger partial charge is 0.369 e. The van der Waals surface area contributed by atoms with Crippen LogP contribution in [0.5, 0.6) is 0 Å². The molecule has 19 heavy (non-hydrogen) atoms. The number of carbonyl (C=O) groups excluding carboxylic acids is 1. The number of nitrogens with one attached hydrogen (secondary N) is 2. The summed E-state index contributed by atoms with van der Waals surface area (Å²) in [6, 6.07) is 0. The molecule has 0 amide bonds. The number of carbonyl (C=O) groups is 1. The number of hydrogen-bond acceptors (Lipinski definition) is 6. The van der Waals surface area contributed by atoms with Crippen LogP contribution >= 0.6 is 11.6 Å². The number of aromatic amines is 1. The zero-order valence-corrected chi connectivity index (χ0v) is 11.1. The molecule has 0 aliphatic rings. The van der Waals surface area contributed by atoms with Crippen molar-refractivity contribution in [2.75, 3.05) is 11.9 Å². The third-order valence-electron chi connectivity index (χ3n) is 2.48. The molecule has 100 valence electrons. The molecule has 0 spiro atoms. The maximum atomic E-state index is 11.0. The molecular weight excluding hydrogens is 268 g/mol. The Morgan fingerprint density at radius 1 is 1.47 bits per heavy atom. The summed E-state index contributed by atoms with van der Waals surface area (Å²) >= 11 is 5.88. The number of halogens is 1. The Kier molecular flexibility index (Phi) is 4.40. The van der Waals surface area contributed by atoms with E-state index in [4.69, 9.17) is 11.6 Å². The highest BCUT2D eigenvalue weighted by Gasteiger charge is 2.10. The molecule has 0 saturated heterocycles. The Hall–Kier alpha value is -2.02. The zero-order chi connectivity index (χ0) is 13.7. The highest BCUT2D eigenvalue weighted by molar-refractivity contribution is 6.32. The van der Waals surface area contributed by atoms with Gasteiger partial charge in [-0.05, 0) is 13.3 Å². The predicted molar refractivity (Wildman–Crippen MR) is 70.4 cm³/mol. The molecule has 0 atom stereocenters. The third kappa shape index (κ3) is 3.47. The van der Waals surface area contributed by atoms with Gasteiger partial charge in [-0.15, -0.1) is 0 Å². The van der Waals surface area contributed by atoms with Gasteiger partial charge in [-0.1, -0.05) is 11.6 Å². The van der Waals surface area contributed by atoms with E-state index in [9.17, 15) is 4.79 Å². The first-order chi connectivity index (χ1) is 9.20. The first kappa shape index (κ1) is 13.4. The molecule has 2 aromatic rings. The van der Waals surface area contributed by atoms with Crippen LogP contribution in [0.25, 0.3) is 0 Å². The second-order valence-electron chi connectivity index (χ2n) is 3.90. The first-order valence-electron chi connectivity index (χ1n) is 5.78. The summed E-state index contributed by atoms with van der Waals surface area (Å²) in [5.74, 6) is 1.81. The van der Waals surface area contributed by atoms with Crippen LogP contribution in [0.2, 0.25) is 5.15 Å². The van der Waals surface area contributed by atoms with E-state index in [1.54, 1.807) is 6.92 Å². The van der Waals surface area contributed by atoms with Crippen molar-refractivity contribution >= 4 is 23.7 Å². The van der Waals surface area contributed by atoms with E-state index in [2.05, 4.69) is 30.5 Å². The van der Waals surface area contributed by atoms with Gasteiger partial charge in [-0.3, -0.25) is 9.89 Å². The number of H-pyrrole nitrogens is 1. The maximum absolute atomic E-state index is 11.0. The molecule has 0 saturated carbocycles. The molecule has 0 unspecified atom stereocenters. The lowest BCUT2D eigenvalue weighted by molar-refractivity contribution is 0.112. The highest BCUT2D eigenvalue weighted by Crippen LogP contribution is 2.18. The number of aryl methyl sites for hydroxylation is 2. The summed E-state index contributed by atoms with van der Waals surface area (Å²) in [4.78, 5) is 23.1. The summed E-state index contributed by atoms with van der Waals surface area (Å²) in [6.45, 7) is 2.37. The SMILES string of the molecule is Cc1nc(Cl)c(C=O)c(NCCCc2ncn[nH]2)n1. The van der Waals surface area contributed by atoms with Crippen LogP contribution in [0.3, 0.4) is 0 Å². The molecule has 2 heterocycles. The van der Waals surface area contributed by atoms with Gasteiger partial charge in [-0.25, -0.2) is 15.0 Å². The lowest BCUT2D eigenvalue weighted by atomic mass is 10.3. The number of rotatable bonds is 6. The average Bonchev–Trinajstić information content (AvgIpc) is 2.87. The van der Waals surface area contributed by atoms with Crippen LogP contribution in [0.15, 0.2) is 6.33 Å². The van der Waals surface area contributed by atoms with Crippen molar-refractivity contribution < 1.29 is 4.79 Å². The van der Waals surface area contributed by atoms with E-state index in [-0.39, 0.29) is 10.7 Å². The second-order valence-corrected chi connectivity index (χ2v) is 4.26. The summed E-state index contributed by atoms with van der Waals surface area (Å²) in [5, 5.41) is 9.80. The van der Waals surface area contributed by atoms with E-state index >= 15 is 0 Å². The van der Waals surface area contributed by atoms with Gasteiger partial charge in [0.05, 0.1) is 5.56 Å². The Balaban J connectivity index is 1.93. The zero-order valence-electron chi connectivity index (χ0n) is 10.4. The monoisotopic (exact) mass is 280 g/mol. The van der Waals surface area contributed by atoms with Crippen LogP contribution in [-0.2, 0) is 6.42 Å². The molecule has 0 aliphatic carbocycles. The molecule has 0 bridgehead atoms. The quantitative estimate of drug-likeness (QED) is 0.472. The van der Waals surface area contributed by atoms with Crippen molar-refractivity contribution in [3.8, 4) is 0 Å². The Labute approximate surface area is 114 Å². The van der Waals surface area contributed by atoms with Crippen molar-refractivity contribution in [2.45, 2.75) is 19.8 Å². The van der Waals surface area contributed by atoms with Crippen LogP contribution in [0.4, 0.5) is 5.82 Å². The van der Waals surface area contributed by atoms with Crippen molar-refractivity contribution in [1.29, 1.82) is 0 Å². The number of nitrogens with zero attached hydrogens (tertiary/aromatic N) is 4. The van der Waals surface area contributed by atoms with Gasteiger partial charge in [0.1, 0.15) is 28.9 Å². The van der Waals surface area contributed by atoms with Gasteiger partial charge in [0, 0.05) is 13.0 Å². The van der Waals surface area contributed by atoms with Gasteiger partial charge >= 0.3 is 0 Å². The molecule has 7 nitrogen and oxygen atoms in total. The Bertz CT molecular complexity index is 557. The molecule has 2 N–H and O–H groups in total. The van der Waals surface area contributed by atoms with E-state index in [1.807, 2.05) is 0 Å². The summed E-state index contributed by atoms with van der Waals surface area (Å²) in [6.07, 6.45) is 3.72. The van der Waals surface area contributed by atoms with Crippen LogP contribution < -0.4 is 5.32 Å².